The molecule has 0 saturated heterocycles. The van der Waals surface area contributed by atoms with Crippen LogP contribution < -0.4 is 5.32 Å². The number of carbonyl (C=O) groups is 1. The fourth-order valence-corrected chi connectivity index (χ4v) is 4.54. The summed E-state index contributed by atoms with van der Waals surface area (Å²) >= 11 is 1.33. The van der Waals surface area contributed by atoms with Crippen molar-refractivity contribution < 1.29 is 18.0 Å². The van der Waals surface area contributed by atoms with Crippen molar-refractivity contribution >= 4 is 43.3 Å². The maximum atomic E-state index is 12.7. The molecule has 0 bridgehead atoms. The number of aromatic nitrogens is 3. The first-order chi connectivity index (χ1) is 14.9. The number of anilines is 1. The average molecular weight is 458 g/mol. The number of thiazole rings is 1. The zero-order valence-electron chi connectivity index (χ0n) is 16.7. The fraction of sp³-hybridized carbons (Fsp3) is 0.150. The Kier molecular flexibility index (Phi) is 5.83. The van der Waals surface area contributed by atoms with Crippen LogP contribution in [0.3, 0.4) is 0 Å². The third kappa shape index (κ3) is 4.21. The van der Waals surface area contributed by atoms with Crippen molar-refractivity contribution in [2.45, 2.75) is 11.4 Å². The SMILES string of the molecule is CON(C)S(=O)(=O)c1ccc(Cn2nc(C(=O)Nc3nccs3)c3ccccc32)cc1. The highest BCUT2D eigenvalue weighted by molar-refractivity contribution is 7.89. The minimum absolute atomic E-state index is 0.120. The van der Waals surface area contributed by atoms with Crippen molar-refractivity contribution in [2.75, 3.05) is 19.5 Å². The molecule has 31 heavy (non-hydrogen) atoms. The van der Waals surface area contributed by atoms with Crippen LogP contribution in [0.15, 0.2) is 65.0 Å². The first-order valence-corrected chi connectivity index (χ1v) is 11.5. The number of sulfonamides is 1. The van der Waals surface area contributed by atoms with Gasteiger partial charge in [0.15, 0.2) is 10.8 Å². The highest BCUT2D eigenvalue weighted by Crippen LogP contribution is 2.22. The zero-order valence-corrected chi connectivity index (χ0v) is 18.4. The van der Waals surface area contributed by atoms with Gasteiger partial charge in [0.1, 0.15) is 0 Å². The molecule has 11 heteroatoms. The van der Waals surface area contributed by atoms with Crippen LogP contribution in [0, 0.1) is 0 Å². The molecular formula is C20H19N5O4S2. The van der Waals surface area contributed by atoms with Crippen LogP contribution in [0.4, 0.5) is 5.13 Å². The summed E-state index contributed by atoms with van der Waals surface area (Å²) in [5.74, 6) is -0.339. The molecule has 0 aliphatic carbocycles. The van der Waals surface area contributed by atoms with Crippen LogP contribution in [0.25, 0.3) is 10.9 Å². The summed E-state index contributed by atoms with van der Waals surface area (Å²) in [4.78, 5) is 21.7. The van der Waals surface area contributed by atoms with Crippen molar-refractivity contribution in [1.29, 1.82) is 0 Å². The van der Waals surface area contributed by atoms with Gasteiger partial charge in [0.05, 0.1) is 24.1 Å². The molecule has 2 aromatic carbocycles. The van der Waals surface area contributed by atoms with Gasteiger partial charge in [-0.25, -0.2) is 13.4 Å². The number of hydrogen-bond donors (Lipinski definition) is 1. The highest BCUT2D eigenvalue weighted by Gasteiger charge is 2.21. The van der Waals surface area contributed by atoms with Crippen LogP contribution in [0.1, 0.15) is 16.1 Å². The molecule has 0 radical (unpaired) electrons. The molecule has 0 unspecified atom stereocenters. The average Bonchev–Trinajstić information content (AvgIpc) is 3.42. The second-order valence-corrected chi connectivity index (χ2v) is 9.39. The molecule has 9 nitrogen and oxygen atoms in total. The van der Waals surface area contributed by atoms with Crippen molar-refractivity contribution in [3.8, 4) is 0 Å². The lowest BCUT2D eigenvalue weighted by Gasteiger charge is -2.14. The molecule has 4 aromatic rings. The summed E-state index contributed by atoms with van der Waals surface area (Å²) in [5, 5.41) is 10.3. The third-order valence-electron chi connectivity index (χ3n) is 4.67. The van der Waals surface area contributed by atoms with Gasteiger partial charge in [-0.2, -0.15) is 5.10 Å². The van der Waals surface area contributed by atoms with Crippen LogP contribution >= 0.6 is 11.3 Å². The molecule has 0 fully saturated rings. The Balaban J connectivity index is 1.63. The first kappa shape index (κ1) is 21.1. The summed E-state index contributed by atoms with van der Waals surface area (Å²) in [6.45, 7) is 0.367. The zero-order chi connectivity index (χ0) is 22.0. The lowest BCUT2D eigenvalue weighted by molar-refractivity contribution is -0.0258. The topological polar surface area (TPSA) is 106 Å². The molecule has 160 valence electrons. The number of nitrogens with one attached hydrogen (secondary N) is 1. The number of nitrogens with zero attached hydrogens (tertiary/aromatic N) is 4. The van der Waals surface area contributed by atoms with E-state index in [0.717, 1.165) is 20.9 Å². The molecule has 0 aliphatic heterocycles. The first-order valence-electron chi connectivity index (χ1n) is 9.18. The molecule has 0 aliphatic rings. The Morgan fingerprint density at radius 1 is 1.19 bits per heavy atom. The summed E-state index contributed by atoms with van der Waals surface area (Å²) in [5.41, 5.74) is 1.92. The third-order valence-corrected chi connectivity index (χ3v) is 7.06. The maximum absolute atomic E-state index is 12.7. The lowest BCUT2D eigenvalue weighted by Crippen LogP contribution is -2.25. The monoisotopic (exact) mass is 457 g/mol. The predicted octanol–water partition coefficient (Wildman–Crippen LogP) is 2.98. The molecule has 4 rings (SSSR count). The Bertz CT molecular complexity index is 1320. The lowest BCUT2D eigenvalue weighted by atomic mass is 10.2. The molecule has 2 aromatic heterocycles. The second-order valence-electron chi connectivity index (χ2n) is 6.56. The smallest absolute Gasteiger partial charge is 0.278 e. The van der Waals surface area contributed by atoms with E-state index in [-0.39, 0.29) is 10.8 Å². The van der Waals surface area contributed by atoms with Crippen LogP contribution in [-0.4, -0.2) is 47.7 Å². The van der Waals surface area contributed by atoms with E-state index < -0.39 is 10.0 Å². The minimum Gasteiger partial charge on any atom is -0.296 e. The number of hydroxylamine groups is 1. The number of para-hydroxylation sites is 1. The van der Waals surface area contributed by atoms with E-state index in [1.165, 1.54) is 37.6 Å². The van der Waals surface area contributed by atoms with Gasteiger partial charge in [-0.15, -0.1) is 11.3 Å². The van der Waals surface area contributed by atoms with Gasteiger partial charge in [0.25, 0.3) is 15.9 Å². The van der Waals surface area contributed by atoms with Gasteiger partial charge >= 0.3 is 0 Å². The fourth-order valence-electron chi connectivity index (χ4n) is 3.04. The number of carbonyl (C=O) groups excluding carboxylic acids is 1. The second kappa shape index (κ2) is 8.55. The van der Waals surface area contributed by atoms with E-state index in [1.807, 2.05) is 24.3 Å². The number of hydrogen-bond acceptors (Lipinski definition) is 7. The van der Waals surface area contributed by atoms with E-state index in [0.29, 0.717) is 17.4 Å². The molecular weight excluding hydrogens is 438 g/mol. The van der Waals surface area contributed by atoms with Gasteiger partial charge in [-0.1, -0.05) is 34.8 Å². The molecule has 0 saturated carbocycles. The summed E-state index contributed by atoms with van der Waals surface area (Å²) in [6, 6.07) is 13.9. The Labute approximate surface area is 182 Å². The van der Waals surface area contributed by atoms with Crippen LogP contribution in [0.5, 0.6) is 0 Å². The van der Waals surface area contributed by atoms with Gasteiger partial charge in [0, 0.05) is 24.0 Å². The summed E-state index contributed by atoms with van der Waals surface area (Å²) in [7, 11) is -1.10. The number of rotatable bonds is 7. The normalized spacial score (nSPS) is 11.8. The standard InChI is InChI=1S/C20H19N5O4S2/c1-24(29-2)31(27,28)15-9-7-14(8-10-15)13-25-17-6-4-3-5-16(17)18(23-25)19(26)22-20-21-11-12-30-20/h3-12H,13H2,1-2H3,(H,21,22,26). The molecule has 1 N–H and O–H groups in total. The number of amides is 1. The largest absolute Gasteiger partial charge is 0.296 e. The van der Waals surface area contributed by atoms with E-state index in [2.05, 4.69) is 15.4 Å². The van der Waals surface area contributed by atoms with E-state index >= 15 is 0 Å². The molecule has 0 spiro atoms. The Morgan fingerprint density at radius 3 is 2.61 bits per heavy atom. The van der Waals surface area contributed by atoms with Crippen molar-refractivity contribution in [2.24, 2.45) is 0 Å². The van der Waals surface area contributed by atoms with Gasteiger partial charge < -0.3 is 0 Å². The van der Waals surface area contributed by atoms with E-state index in [4.69, 9.17) is 4.84 Å². The summed E-state index contributed by atoms with van der Waals surface area (Å²) < 4.78 is 27.2. The highest BCUT2D eigenvalue weighted by atomic mass is 32.2. The molecule has 0 atom stereocenters. The van der Waals surface area contributed by atoms with Gasteiger partial charge in [0.2, 0.25) is 0 Å². The predicted molar refractivity (Wildman–Crippen MR) is 117 cm³/mol. The van der Waals surface area contributed by atoms with E-state index in [9.17, 15) is 13.2 Å². The van der Waals surface area contributed by atoms with Crippen LogP contribution in [-0.2, 0) is 21.4 Å². The van der Waals surface area contributed by atoms with Crippen LogP contribution in [0.2, 0.25) is 0 Å². The quantitative estimate of drug-likeness (QED) is 0.428. The van der Waals surface area contributed by atoms with E-state index in [1.54, 1.807) is 28.4 Å². The molecule has 2 heterocycles. The number of fused-ring (bicyclic) bond motifs is 1. The number of benzene rings is 2. The van der Waals surface area contributed by atoms with Gasteiger partial charge in [-0.3, -0.25) is 19.6 Å². The Morgan fingerprint density at radius 2 is 1.94 bits per heavy atom. The summed E-state index contributed by atoms with van der Waals surface area (Å²) in [6.07, 6.45) is 1.62. The maximum Gasteiger partial charge on any atom is 0.278 e. The van der Waals surface area contributed by atoms with Gasteiger partial charge in [-0.05, 0) is 23.8 Å². The van der Waals surface area contributed by atoms with Crippen molar-refractivity contribution in [1.82, 2.24) is 19.2 Å². The van der Waals surface area contributed by atoms with Crippen molar-refractivity contribution in [3.05, 3.63) is 71.4 Å². The van der Waals surface area contributed by atoms with Crippen molar-refractivity contribution in [3.63, 3.8) is 0 Å². The molecule has 1 amide bonds. The Hall–Kier alpha value is -3.12. The minimum atomic E-state index is -3.71.